The van der Waals surface area contributed by atoms with E-state index in [1.54, 1.807) is 7.11 Å². The number of rotatable bonds is 8. The third-order valence-electron chi connectivity index (χ3n) is 3.80. The van der Waals surface area contributed by atoms with Crippen molar-refractivity contribution in [3.8, 4) is 0 Å². The first-order chi connectivity index (χ1) is 9.90. The molecule has 1 N–H and O–H groups in total. The van der Waals surface area contributed by atoms with E-state index in [1.807, 2.05) is 0 Å². The largest absolute Gasteiger partial charge is 0.407 e. The lowest BCUT2D eigenvalue weighted by Gasteiger charge is -2.27. The van der Waals surface area contributed by atoms with Crippen LogP contribution >= 0.6 is 0 Å². The minimum absolute atomic E-state index is 0.0334. The molecule has 1 heterocycles. The van der Waals surface area contributed by atoms with E-state index >= 15 is 0 Å². The first-order valence-corrected chi connectivity index (χ1v) is 7.73. The van der Waals surface area contributed by atoms with Crippen LogP contribution in [0.2, 0.25) is 0 Å². The summed E-state index contributed by atoms with van der Waals surface area (Å²) in [6.07, 6.45) is 2.58. The van der Waals surface area contributed by atoms with E-state index in [9.17, 15) is 0 Å². The van der Waals surface area contributed by atoms with Crippen molar-refractivity contribution in [2.75, 3.05) is 25.2 Å². The van der Waals surface area contributed by atoms with E-state index in [0.717, 1.165) is 12.5 Å². The lowest BCUT2D eigenvalue weighted by molar-refractivity contribution is 0.201. The molecule has 0 aromatic carbocycles. The van der Waals surface area contributed by atoms with Gasteiger partial charge in [0.25, 0.3) is 0 Å². The molecule has 0 amide bonds. The lowest BCUT2D eigenvalue weighted by atomic mass is 10.1. The van der Waals surface area contributed by atoms with E-state index in [0.29, 0.717) is 31.1 Å². The molecule has 1 fully saturated rings. The second-order valence-electron chi connectivity index (χ2n) is 6.85. The lowest BCUT2D eigenvalue weighted by Crippen LogP contribution is -2.37. The highest BCUT2D eigenvalue weighted by molar-refractivity contribution is 5.27. The van der Waals surface area contributed by atoms with Crippen molar-refractivity contribution in [2.24, 2.45) is 5.92 Å². The quantitative estimate of drug-likeness (QED) is 0.793. The molecule has 1 unspecified atom stereocenters. The molecule has 21 heavy (non-hydrogen) atoms. The van der Waals surface area contributed by atoms with Gasteiger partial charge in [-0.2, -0.15) is 0 Å². The van der Waals surface area contributed by atoms with E-state index in [2.05, 4.69) is 48.1 Å². The van der Waals surface area contributed by atoms with Crippen LogP contribution in [0.4, 0.5) is 6.01 Å². The minimum atomic E-state index is 0.0334. The zero-order valence-electron chi connectivity index (χ0n) is 13.8. The first-order valence-electron chi connectivity index (χ1n) is 7.73. The van der Waals surface area contributed by atoms with Crippen molar-refractivity contribution < 1.29 is 9.15 Å². The summed E-state index contributed by atoms with van der Waals surface area (Å²) in [5, 5.41) is 11.7. The second-order valence-corrected chi connectivity index (χ2v) is 6.85. The van der Waals surface area contributed by atoms with Crippen LogP contribution in [0.1, 0.15) is 46.4 Å². The second kappa shape index (κ2) is 6.75. The van der Waals surface area contributed by atoms with Crippen LogP contribution in [0.3, 0.4) is 0 Å². The zero-order valence-corrected chi connectivity index (χ0v) is 13.8. The van der Waals surface area contributed by atoms with E-state index < -0.39 is 0 Å². The number of nitrogens with zero attached hydrogens (tertiary/aromatic N) is 3. The summed E-state index contributed by atoms with van der Waals surface area (Å²) in [6.45, 7) is 10.6. The van der Waals surface area contributed by atoms with Crippen LogP contribution in [0, 0.1) is 5.92 Å². The third-order valence-corrected chi connectivity index (χ3v) is 3.80. The maximum Gasteiger partial charge on any atom is 0.318 e. The van der Waals surface area contributed by atoms with Crippen LogP contribution in [0.15, 0.2) is 4.42 Å². The summed E-state index contributed by atoms with van der Waals surface area (Å²) in [7, 11) is 1.71. The van der Waals surface area contributed by atoms with E-state index in [1.165, 1.54) is 12.8 Å². The average molecular weight is 296 g/mol. The number of hydrogen-bond donors (Lipinski definition) is 1. The van der Waals surface area contributed by atoms with Crippen molar-refractivity contribution in [1.29, 1.82) is 0 Å². The molecule has 0 saturated heterocycles. The Balaban J connectivity index is 2.00. The molecular formula is C15H28N4O2. The van der Waals surface area contributed by atoms with E-state index in [-0.39, 0.29) is 5.54 Å². The molecule has 6 nitrogen and oxygen atoms in total. The fourth-order valence-corrected chi connectivity index (χ4v) is 2.27. The number of aromatic nitrogens is 2. The predicted molar refractivity (Wildman–Crippen MR) is 82.3 cm³/mol. The Labute approximate surface area is 127 Å². The van der Waals surface area contributed by atoms with Crippen molar-refractivity contribution in [1.82, 2.24) is 15.5 Å². The molecule has 1 aliphatic carbocycles. The number of ether oxygens (including phenoxy) is 1. The van der Waals surface area contributed by atoms with Crippen LogP contribution in [-0.2, 0) is 11.3 Å². The van der Waals surface area contributed by atoms with Gasteiger partial charge in [0.15, 0.2) is 0 Å². The maximum atomic E-state index is 5.82. The molecule has 1 aromatic heterocycles. The monoisotopic (exact) mass is 296 g/mol. The van der Waals surface area contributed by atoms with Crippen LogP contribution < -0.4 is 10.2 Å². The van der Waals surface area contributed by atoms with Gasteiger partial charge in [-0.1, -0.05) is 5.10 Å². The molecular weight excluding hydrogens is 268 g/mol. The van der Waals surface area contributed by atoms with Gasteiger partial charge in [-0.25, -0.2) is 0 Å². The molecule has 120 valence electrons. The molecule has 6 heteroatoms. The van der Waals surface area contributed by atoms with Gasteiger partial charge in [0.2, 0.25) is 5.89 Å². The van der Waals surface area contributed by atoms with Gasteiger partial charge < -0.3 is 19.4 Å². The summed E-state index contributed by atoms with van der Waals surface area (Å²) in [4.78, 5) is 2.18. The summed E-state index contributed by atoms with van der Waals surface area (Å²) >= 11 is 0. The Kier molecular flexibility index (Phi) is 5.22. The molecule has 0 spiro atoms. The number of hydrogen-bond acceptors (Lipinski definition) is 6. The van der Waals surface area contributed by atoms with Gasteiger partial charge in [-0.3, -0.25) is 0 Å². The fourth-order valence-electron chi connectivity index (χ4n) is 2.27. The highest BCUT2D eigenvalue weighted by atomic mass is 16.5. The van der Waals surface area contributed by atoms with Gasteiger partial charge in [0.1, 0.15) is 0 Å². The number of anilines is 1. The fraction of sp³-hybridized carbons (Fsp3) is 0.867. The maximum absolute atomic E-state index is 5.82. The van der Waals surface area contributed by atoms with Gasteiger partial charge in [-0.15, -0.1) is 5.10 Å². The normalized spacial score (nSPS) is 17.0. The summed E-state index contributed by atoms with van der Waals surface area (Å²) in [6, 6.07) is 1.03. The van der Waals surface area contributed by atoms with Crippen LogP contribution in [0.5, 0.6) is 0 Å². The Morgan fingerprint density at radius 1 is 1.38 bits per heavy atom. The molecule has 1 aromatic rings. The van der Waals surface area contributed by atoms with Gasteiger partial charge >= 0.3 is 6.01 Å². The molecule has 0 radical (unpaired) electrons. The SMILES string of the molecule is COCCN(c1nnc(CNC(C)(C)C)o1)C(C)C1CC1. The Morgan fingerprint density at radius 3 is 2.67 bits per heavy atom. The number of nitrogens with one attached hydrogen (secondary N) is 1. The molecule has 1 atom stereocenters. The van der Waals surface area contributed by atoms with Crippen molar-refractivity contribution in [3.63, 3.8) is 0 Å². The molecule has 2 rings (SSSR count). The zero-order chi connectivity index (χ0) is 15.5. The highest BCUT2D eigenvalue weighted by Gasteiger charge is 2.34. The van der Waals surface area contributed by atoms with E-state index in [4.69, 9.17) is 9.15 Å². The molecule has 0 bridgehead atoms. The Hall–Kier alpha value is -1.14. The average Bonchev–Trinajstić information content (AvgIpc) is 3.16. The van der Waals surface area contributed by atoms with Crippen molar-refractivity contribution in [3.05, 3.63) is 5.89 Å². The summed E-state index contributed by atoms with van der Waals surface area (Å²) < 4.78 is 11.0. The van der Waals surface area contributed by atoms with Crippen LogP contribution in [-0.4, -0.2) is 42.0 Å². The molecule has 1 saturated carbocycles. The highest BCUT2D eigenvalue weighted by Crippen LogP contribution is 2.36. The summed E-state index contributed by atoms with van der Waals surface area (Å²) in [5.41, 5.74) is 0.0334. The Morgan fingerprint density at radius 2 is 2.10 bits per heavy atom. The smallest absolute Gasteiger partial charge is 0.318 e. The van der Waals surface area contributed by atoms with Gasteiger partial charge in [-0.05, 0) is 46.5 Å². The molecule has 0 aliphatic heterocycles. The topological polar surface area (TPSA) is 63.4 Å². The molecule has 1 aliphatic rings. The third kappa shape index (κ3) is 4.97. The Bertz CT molecular complexity index is 437. The van der Waals surface area contributed by atoms with Gasteiger partial charge in [0.05, 0.1) is 13.2 Å². The summed E-state index contributed by atoms with van der Waals surface area (Å²) in [5.74, 6) is 1.37. The van der Waals surface area contributed by atoms with Crippen molar-refractivity contribution >= 4 is 6.01 Å². The number of methoxy groups -OCH3 is 1. The van der Waals surface area contributed by atoms with Gasteiger partial charge in [0, 0.05) is 25.2 Å². The van der Waals surface area contributed by atoms with Crippen molar-refractivity contribution in [2.45, 2.75) is 58.7 Å². The first kappa shape index (κ1) is 16.2. The standard InChI is InChI=1S/C15H28N4O2/c1-11(12-6-7-12)19(8-9-20-5)14-18-17-13(21-14)10-16-15(2,3)4/h11-12,16H,6-10H2,1-5H3. The van der Waals surface area contributed by atoms with Crippen LogP contribution in [0.25, 0.3) is 0 Å². The predicted octanol–water partition coefficient (Wildman–Crippen LogP) is 2.21. The minimum Gasteiger partial charge on any atom is -0.407 e.